The molecule has 0 amide bonds. The second-order valence-electron chi connectivity index (χ2n) is 3.00. The van der Waals surface area contributed by atoms with Crippen LogP contribution < -0.4 is 4.90 Å². The van der Waals surface area contributed by atoms with Crippen LogP contribution in [0.5, 0.6) is 0 Å². The zero-order valence-electron chi connectivity index (χ0n) is 10.1. The van der Waals surface area contributed by atoms with Gasteiger partial charge in [0, 0.05) is 19.8 Å². The molecule has 0 fully saturated rings. The van der Waals surface area contributed by atoms with Gasteiger partial charge >= 0.3 is 0 Å². The lowest BCUT2D eigenvalue weighted by Gasteiger charge is -2.15. The van der Waals surface area contributed by atoms with Crippen molar-refractivity contribution < 1.29 is 0 Å². The molecule has 0 N–H and O–H groups in total. The summed E-state index contributed by atoms with van der Waals surface area (Å²) < 4.78 is 0. The summed E-state index contributed by atoms with van der Waals surface area (Å²) in [5.74, 6) is 2.54. The number of rotatable bonds is 3. The van der Waals surface area contributed by atoms with E-state index in [1.165, 1.54) is 11.3 Å². The Balaban J connectivity index is 0.000000921. The van der Waals surface area contributed by atoms with E-state index in [2.05, 4.69) is 34.5 Å². The van der Waals surface area contributed by atoms with E-state index < -0.39 is 0 Å². The van der Waals surface area contributed by atoms with E-state index in [1.54, 1.807) is 0 Å². The van der Waals surface area contributed by atoms with Crippen LogP contribution in [0.15, 0.2) is 35.8 Å². The number of hydrogen-bond donors (Lipinski definition) is 0. The summed E-state index contributed by atoms with van der Waals surface area (Å²) in [6, 6.07) is 8.18. The summed E-state index contributed by atoms with van der Waals surface area (Å²) in [6.07, 6.45) is 0. The van der Waals surface area contributed by atoms with Crippen LogP contribution in [0.2, 0.25) is 0 Å². The summed E-state index contributed by atoms with van der Waals surface area (Å²) in [5, 5.41) is 0. The minimum atomic E-state index is 0.651. The predicted octanol–water partition coefficient (Wildman–Crippen LogP) is 3.13. The molecule has 0 saturated carbocycles. The van der Waals surface area contributed by atoms with Crippen LogP contribution in [0.3, 0.4) is 0 Å². The summed E-state index contributed by atoms with van der Waals surface area (Å²) >= 11 is 0. The molecule has 0 radical (unpaired) electrons. The first kappa shape index (κ1) is 13.5. The molecule has 0 aliphatic heterocycles. The van der Waals surface area contributed by atoms with Gasteiger partial charge in [-0.15, -0.1) is 0 Å². The highest BCUT2D eigenvalue weighted by atomic mass is 15.1. The molecule has 1 aromatic rings. The van der Waals surface area contributed by atoms with Crippen LogP contribution in [0.4, 0.5) is 5.69 Å². The first-order valence-corrected chi connectivity index (χ1v) is 5.19. The highest BCUT2D eigenvalue weighted by Gasteiger charge is 2.00. The molecule has 0 aliphatic rings. The van der Waals surface area contributed by atoms with Crippen molar-refractivity contribution in [1.29, 1.82) is 0 Å². The fraction of sp³-hybridized carbons (Fsp3) is 0.385. The molecule has 1 rings (SSSR count). The number of nitrogens with zero attached hydrogens (tertiary/aromatic N) is 2. The third-order valence-electron chi connectivity index (χ3n) is 1.83. The van der Waals surface area contributed by atoms with Crippen molar-refractivity contribution in [3.8, 4) is 0 Å². The van der Waals surface area contributed by atoms with Crippen molar-refractivity contribution in [2.45, 2.75) is 20.4 Å². The summed E-state index contributed by atoms with van der Waals surface area (Å²) in [6.45, 7) is 8.10. The Morgan fingerprint density at radius 2 is 1.87 bits per heavy atom. The van der Waals surface area contributed by atoms with Gasteiger partial charge < -0.3 is 4.90 Å². The van der Waals surface area contributed by atoms with E-state index in [-0.39, 0.29) is 0 Å². The van der Waals surface area contributed by atoms with Crippen LogP contribution in [-0.4, -0.2) is 20.0 Å². The molecule has 0 bridgehead atoms. The van der Waals surface area contributed by atoms with Crippen molar-refractivity contribution >= 4 is 11.6 Å². The molecule has 0 saturated heterocycles. The van der Waals surface area contributed by atoms with E-state index in [0.29, 0.717) is 6.54 Å². The minimum Gasteiger partial charge on any atom is -0.377 e. The molecule has 0 atom stereocenters. The molecule has 0 heterocycles. The maximum absolute atomic E-state index is 4.00. The number of anilines is 1. The molecule has 0 unspecified atom stereocenters. The highest BCUT2D eigenvalue weighted by molar-refractivity contribution is 5.53. The third-order valence-corrected chi connectivity index (χ3v) is 1.83. The lowest BCUT2D eigenvalue weighted by atomic mass is 10.1. The van der Waals surface area contributed by atoms with E-state index in [0.717, 1.165) is 0 Å². The molecular formula is C13H20N2. The van der Waals surface area contributed by atoms with Crippen molar-refractivity contribution in [3.05, 3.63) is 36.4 Å². The predicted molar refractivity (Wildman–Crippen MR) is 68.9 cm³/mol. The fourth-order valence-electron chi connectivity index (χ4n) is 1.22. The first-order chi connectivity index (χ1) is 7.25. The topological polar surface area (TPSA) is 15.6 Å². The van der Waals surface area contributed by atoms with Gasteiger partial charge in [-0.3, -0.25) is 0 Å². The fourth-order valence-corrected chi connectivity index (χ4v) is 1.22. The molecule has 82 valence electrons. The smallest absolute Gasteiger partial charge is 0.0754 e. The Kier molecular flexibility index (Phi) is 7.04. The Morgan fingerprint density at radius 1 is 1.27 bits per heavy atom. The van der Waals surface area contributed by atoms with Crippen LogP contribution in [0, 0.1) is 0 Å². The van der Waals surface area contributed by atoms with Crippen molar-refractivity contribution in [2.24, 2.45) is 4.99 Å². The molecule has 0 spiro atoms. The lowest BCUT2D eigenvalue weighted by Crippen LogP contribution is -2.10. The van der Waals surface area contributed by atoms with Crippen LogP contribution in [0.1, 0.15) is 19.4 Å². The summed E-state index contributed by atoms with van der Waals surface area (Å²) in [4.78, 5) is 6.07. The van der Waals surface area contributed by atoms with Crippen molar-refractivity contribution in [3.63, 3.8) is 0 Å². The van der Waals surface area contributed by atoms with Gasteiger partial charge in [0.2, 0.25) is 0 Å². The van der Waals surface area contributed by atoms with Gasteiger partial charge in [-0.25, -0.2) is 4.99 Å². The Morgan fingerprint density at radius 3 is 2.40 bits per heavy atom. The normalized spacial score (nSPS) is 8.27. The molecule has 1 aromatic carbocycles. The van der Waals surface area contributed by atoms with Gasteiger partial charge in [0.1, 0.15) is 0 Å². The Labute approximate surface area is 93.0 Å². The molecule has 2 heteroatoms. The van der Waals surface area contributed by atoms with Crippen LogP contribution in [0.25, 0.3) is 0 Å². The monoisotopic (exact) mass is 204 g/mol. The molecule has 2 nitrogen and oxygen atoms in total. The second kappa shape index (κ2) is 7.84. The van der Waals surface area contributed by atoms with E-state index in [1.807, 2.05) is 40.1 Å². The van der Waals surface area contributed by atoms with Gasteiger partial charge in [0.25, 0.3) is 0 Å². The highest BCUT2D eigenvalue weighted by Crippen LogP contribution is 2.18. The average molecular weight is 204 g/mol. The average Bonchev–Trinajstić information content (AvgIpc) is 2.29. The SMILES string of the molecule is C=C=NCc1ccccc1N(C)C.CC. The number of benzene rings is 1. The molecular weight excluding hydrogens is 184 g/mol. The van der Waals surface area contributed by atoms with E-state index >= 15 is 0 Å². The lowest BCUT2D eigenvalue weighted by molar-refractivity contribution is 1.03. The standard InChI is InChI=1S/C11H14N2.C2H6/c1-4-12-9-10-7-5-6-8-11(10)13(2)3;1-2/h5-8H,1,9H2,2-3H3;1-2H3. The number of para-hydroxylation sites is 1. The molecule has 0 aliphatic carbocycles. The maximum Gasteiger partial charge on any atom is 0.0754 e. The van der Waals surface area contributed by atoms with E-state index in [4.69, 9.17) is 0 Å². The Hall–Kier alpha value is -1.53. The van der Waals surface area contributed by atoms with Gasteiger partial charge in [-0.2, -0.15) is 0 Å². The van der Waals surface area contributed by atoms with E-state index in [9.17, 15) is 0 Å². The summed E-state index contributed by atoms with van der Waals surface area (Å²) in [5.41, 5.74) is 2.39. The van der Waals surface area contributed by atoms with Gasteiger partial charge in [0.15, 0.2) is 0 Å². The largest absolute Gasteiger partial charge is 0.377 e. The van der Waals surface area contributed by atoms with Gasteiger partial charge in [-0.1, -0.05) is 32.0 Å². The van der Waals surface area contributed by atoms with Gasteiger partial charge in [0.05, 0.1) is 6.54 Å². The first-order valence-electron chi connectivity index (χ1n) is 5.19. The van der Waals surface area contributed by atoms with Crippen LogP contribution >= 0.6 is 0 Å². The zero-order valence-corrected chi connectivity index (χ0v) is 10.1. The number of aliphatic imine (C=N–C) groups is 1. The molecule has 15 heavy (non-hydrogen) atoms. The summed E-state index contributed by atoms with van der Waals surface area (Å²) in [7, 11) is 4.05. The van der Waals surface area contributed by atoms with Crippen molar-refractivity contribution in [2.75, 3.05) is 19.0 Å². The van der Waals surface area contributed by atoms with Gasteiger partial charge in [-0.05, 0) is 24.1 Å². The van der Waals surface area contributed by atoms with Crippen molar-refractivity contribution in [1.82, 2.24) is 0 Å². The molecule has 0 aromatic heterocycles. The van der Waals surface area contributed by atoms with Crippen LogP contribution in [-0.2, 0) is 6.54 Å². The quantitative estimate of drug-likeness (QED) is 0.691. The number of hydrogen-bond acceptors (Lipinski definition) is 2. The minimum absolute atomic E-state index is 0.651. The maximum atomic E-state index is 4.00. The zero-order chi connectivity index (χ0) is 11.7. The third kappa shape index (κ3) is 4.48. The second-order valence-corrected chi connectivity index (χ2v) is 3.00. The Bertz CT molecular complexity index is 323.